The third-order valence-corrected chi connectivity index (χ3v) is 3.56. The van der Waals surface area contributed by atoms with E-state index in [2.05, 4.69) is 25.4 Å². The lowest BCUT2D eigenvalue weighted by Gasteiger charge is -2.11. The zero-order valence-corrected chi connectivity index (χ0v) is 12.5. The van der Waals surface area contributed by atoms with Crippen molar-refractivity contribution in [2.45, 2.75) is 13.8 Å². The Morgan fingerprint density at radius 2 is 2.11 bits per heavy atom. The summed E-state index contributed by atoms with van der Waals surface area (Å²) >= 11 is 3.22. The molecule has 0 aliphatic carbocycles. The van der Waals surface area contributed by atoms with Crippen LogP contribution in [0.3, 0.4) is 0 Å². The molecule has 5 nitrogen and oxygen atoms in total. The molecular weight excluding hydrogens is 318 g/mol. The Morgan fingerprint density at radius 3 is 2.67 bits per heavy atom. The van der Waals surface area contributed by atoms with E-state index < -0.39 is 10.2 Å². The molecule has 0 saturated heterocycles. The SMILES string of the molecule is CC(C)CNS(=O)(=O)Nc1ccc(Br)cc1C#N. The molecule has 0 spiro atoms. The van der Waals surface area contributed by atoms with E-state index in [9.17, 15) is 8.42 Å². The maximum Gasteiger partial charge on any atom is 0.299 e. The van der Waals surface area contributed by atoms with E-state index in [1.165, 1.54) is 6.07 Å². The van der Waals surface area contributed by atoms with E-state index >= 15 is 0 Å². The fraction of sp³-hybridized carbons (Fsp3) is 0.364. The number of halogens is 1. The van der Waals surface area contributed by atoms with Crippen LogP contribution in [0.5, 0.6) is 0 Å². The number of benzene rings is 1. The number of nitrogens with zero attached hydrogens (tertiary/aromatic N) is 1. The molecule has 0 bridgehead atoms. The predicted molar refractivity (Wildman–Crippen MR) is 74.2 cm³/mol. The minimum absolute atomic E-state index is 0.210. The highest BCUT2D eigenvalue weighted by Crippen LogP contribution is 2.20. The van der Waals surface area contributed by atoms with Gasteiger partial charge in [0.15, 0.2) is 0 Å². The lowest BCUT2D eigenvalue weighted by atomic mass is 10.2. The molecule has 0 atom stereocenters. The normalized spacial score (nSPS) is 11.3. The summed E-state index contributed by atoms with van der Waals surface area (Å²) in [5, 5.41) is 8.93. The van der Waals surface area contributed by atoms with E-state index in [4.69, 9.17) is 5.26 Å². The minimum atomic E-state index is -3.64. The number of anilines is 1. The Morgan fingerprint density at radius 1 is 1.44 bits per heavy atom. The third-order valence-electron chi connectivity index (χ3n) is 2.03. The first-order valence-corrected chi connectivity index (χ1v) is 7.58. The highest BCUT2D eigenvalue weighted by atomic mass is 79.9. The van der Waals surface area contributed by atoms with Gasteiger partial charge in [-0.2, -0.15) is 18.4 Å². The standard InChI is InChI=1S/C11H14BrN3O2S/c1-8(2)7-14-18(16,17)15-11-4-3-10(12)5-9(11)6-13/h3-5,8,14-15H,7H2,1-2H3. The molecule has 0 aliphatic rings. The van der Waals surface area contributed by atoms with Crippen LogP contribution < -0.4 is 9.44 Å². The summed E-state index contributed by atoms with van der Waals surface area (Å²) in [4.78, 5) is 0. The first-order chi connectivity index (χ1) is 8.34. The van der Waals surface area contributed by atoms with Crippen LogP contribution in [-0.4, -0.2) is 15.0 Å². The number of rotatable bonds is 5. The average molecular weight is 332 g/mol. The Balaban J connectivity index is 2.88. The van der Waals surface area contributed by atoms with Gasteiger partial charge in [0.05, 0.1) is 11.3 Å². The van der Waals surface area contributed by atoms with Crippen LogP contribution in [0.4, 0.5) is 5.69 Å². The minimum Gasteiger partial charge on any atom is -0.270 e. The zero-order valence-electron chi connectivity index (χ0n) is 10.1. The van der Waals surface area contributed by atoms with E-state index in [1.807, 2.05) is 19.9 Å². The lowest BCUT2D eigenvalue weighted by Crippen LogP contribution is -2.33. The van der Waals surface area contributed by atoms with E-state index in [0.717, 1.165) is 4.47 Å². The van der Waals surface area contributed by atoms with Crippen molar-refractivity contribution in [2.75, 3.05) is 11.3 Å². The molecule has 0 amide bonds. The van der Waals surface area contributed by atoms with Crippen molar-refractivity contribution in [3.8, 4) is 6.07 Å². The van der Waals surface area contributed by atoms with Gasteiger partial charge in [-0.25, -0.2) is 0 Å². The average Bonchev–Trinajstić information content (AvgIpc) is 2.29. The Kier molecular flexibility index (Phi) is 5.14. The van der Waals surface area contributed by atoms with Gasteiger partial charge in [-0.1, -0.05) is 29.8 Å². The quantitative estimate of drug-likeness (QED) is 0.867. The van der Waals surface area contributed by atoms with Crippen molar-refractivity contribution in [3.63, 3.8) is 0 Å². The maximum absolute atomic E-state index is 11.7. The molecule has 0 radical (unpaired) electrons. The van der Waals surface area contributed by atoms with Crippen LogP contribution in [0.25, 0.3) is 0 Å². The highest BCUT2D eigenvalue weighted by Gasteiger charge is 2.12. The molecule has 0 saturated carbocycles. The predicted octanol–water partition coefficient (Wildman–Crippen LogP) is 2.22. The lowest BCUT2D eigenvalue weighted by molar-refractivity contribution is 0.565. The molecule has 1 aromatic rings. The molecular formula is C11H14BrN3O2S. The molecule has 18 heavy (non-hydrogen) atoms. The van der Waals surface area contributed by atoms with Crippen molar-refractivity contribution in [1.82, 2.24) is 4.72 Å². The van der Waals surface area contributed by atoms with Gasteiger partial charge in [0.1, 0.15) is 6.07 Å². The second-order valence-electron chi connectivity index (χ2n) is 4.15. The van der Waals surface area contributed by atoms with E-state index in [-0.39, 0.29) is 17.2 Å². The van der Waals surface area contributed by atoms with Crippen LogP contribution in [-0.2, 0) is 10.2 Å². The van der Waals surface area contributed by atoms with E-state index in [0.29, 0.717) is 6.54 Å². The summed E-state index contributed by atoms with van der Waals surface area (Å²) in [7, 11) is -3.64. The topological polar surface area (TPSA) is 82.0 Å². The molecule has 7 heteroatoms. The van der Waals surface area contributed by atoms with Gasteiger partial charge in [-0.3, -0.25) is 4.72 Å². The molecule has 2 N–H and O–H groups in total. The summed E-state index contributed by atoms with van der Waals surface area (Å²) < 4.78 is 28.9. The monoisotopic (exact) mass is 331 g/mol. The zero-order chi connectivity index (χ0) is 13.8. The van der Waals surface area contributed by atoms with Gasteiger partial charge >= 0.3 is 0 Å². The number of hydrogen-bond donors (Lipinski definition) is 2. The summed E-state index contributed by atoms with van der Waals surface area (Å²) in [6, 6.07) is 6.70. The van der Waals surface area contributed by atoms with Crippen LogP contribution in [0.1, 0.15) is 19.4 Å². The van der Waals surface area contributed by atoms with Crippen molar-refractivity contribution < 1.29 is 8.42 Å². The Hall–Kier alpha value is -1.10. The van der Waals surface area contributed by atoms with Crippen molar-refractivity contribution in [2.24, 2.45) is 5.92 Å². The molecule has 98 valence electrons. The molecule has 0 heterocycles. The number of hydrogen-bond acceptors (Lipinski definition) is 3. The molecule has 1 aromatic carbocycles. The second-order valence-corrected chi connectivity index (χ2v) is 6.56. The summed E-state index contributed by atoms with van der Waals surface area (Å²) in [5.74, 6) is 0.210. The largest absolute Gasteiger partial charge is 0.299 e. The van der Waals surface area contributed by atoms with Crippen molar-refractivity contribution in [1.29, 1.82) is 5.26 Å². The van der Waals surface area contributed by atoms with Gasteiger partial charge in [0.2, 0.25) is 0 Å². The molecule has 0 unspecified atom stereocenters. The van der Waals surface area contributed by atoms with Crippen molar-refractivity contribution >= 4 is 31.8 Å². The Labute approximate surface area is 116 Å². The number of nitrogens with one attached hydrogen (secondary N) is 2. The van der Waals surface area contributed by atoms with Gasteiger partial charge < -0.3 is 0 Å². The smallest absolute Gasteiger partial charge is 0.270 e. The van der Waals surface area contributed by atoms with Crippen molar-refractivity contribution in [3.05, 3.63) is 28.2 Å². The fourth-order valence-electron chi connectivity index (χ4n) is 1.16. The number of nitriles is 1. The first-order valence-electron chi connectivity index (χ1n) is 5.31. The second kappa shape index (κ2) is 6.18. The highest BCUT2D eigenvalue weighted by molar-refractivity contribution is 9.10. The Bertz CT molecular complexity index is 564. The van der Waals surface area contributed by atoms with Gasteiger partial charge in [0, 0.05) is 11.0 Å². The van der Waals surface area contributed by atoms with Gasteiger partial charge in [0.25, 0.3) is 10.2 Å². The van der Waals surface area contributed by atoms with Crippen LogP contribution in [0.15, 0.2) is 22.7 Å². The van der Waals surface area contributed by atoms with Gasteiger partial charge in [-0.15, -0.1) is 0 Å². The maximum atomic E-state index is 11.7. The van der Waals surface area contributed by atoms with Crippen LogP contribution in [0, 0.1) is 17.2 Å². The fourth-order valence-corrected chi connectivity index (χ4v) is 2.61. The van der Waals surface area contributed by atoms with Gasteiger partial charge in [-0.05, 0) is 24.1 Å². The summed E-state index contributed by atoms with van der Waals surface area (Å²) in [5.41, 5.74) is 0.524. The van der Waals surface area contributed by atoms with Crippen LogP contribution >= 0.6 is 15.9 Å². The summed E-state index contributed by atoms with van der Waals surface area (Å²) in [6.45, 7) is 4.15. The molecule has 0 aliphatic heterocycles. The van der Waals surface area contributed by atoms with Crippen LogP contribution in [0.2, 0.25) is 0 Å². The molecule has 0 aromatic heterocycles. The third kappa shape index (κ3) is 4.64. The first kappa shape index (κ1) is 15.0. The summed E-state index contributed by atoms with van der Waals surface area (Å²) in [6.07, 6.45) is 0. The molecule has 1 rings (SSSR count). The van der Waals surface area contributed by atoms with E-state index in [1.54, 1.807) is 12.1 Å². The molecule has 0 fully saturated rings.